The zero-order valence-electron chi connectivity index (χ0n) is 9.67. The summed E-state index contributed by atoms with van der Waals surface area (Å²) in [7, 11) is 0. The van der Waals surface area contributed by atoms with E-state index in [-0.39, 0.29) is 11.8 Å². The molecule has 1 saturated carbocycles. The summed E-state index contributed by atoms with van der Waals surface area (Å²) in [4.78, 5) is 16.6. The molecule has 0 aliphatic heterocycles. The van der Waals surface area contributed by atoms with Crippen molar-refractivity contribution in [1.82, 2.24) is 15.2 Å². The predicted molar refractivity (Wildman–Crippen MR) is 67.4 cm³/mol. The largest absolute Gasteiger partial charge is 0.481 e. The van der Waals surface area contributed by atoms with Crippen molar-refractivity contribution >= 4 is 17.3 Å². The van der Waals surface area contributed by atoms with Crippen molar-refractivity contribution in [2.45, 2.75) is 25.2 Å². The number of rotatable bonds is 3. The van der Waals surface area contributed by atoms with Crippen LogP contribution < -0.4 is 0 Å². The highest BCUT2D eigenvalue weighted by atomic mass is 32.1. The molecular weight excluding hydrogens is 250 g/mol. The number of aliphatic carboxylic acids is 1. The maximum Gasteiger partial charge on any atom is 0.307 e. The molecule has 0 amide bonds. The van der Waals surface area contributed by atoms with E-state index in [2.05, 4.69) is 15.2 Å². The van der Waals surface area contributed by atoms with Gasteiger partial charge in [-0.05, 0) is 24.3 Å². The first-order chi connectivity index (χ1) is 8.75. The molecule has 0 radical (unpaired) electrons. The summed E-state index contributed by atoms with van der Waals surface area (Å²) in [6.07, 6.45) is 2.54. The Bertz CT molecular complexity index is 549. The molecule has 2 aromatic heterocycles. The second kappa shape index (κ2) is 4.53. The van der Waals surface area contributed by atoms with Gasteiger partial charge in [-0.2, -0.15) is 5.10 Å². The van der Waals surface area contributed by atoms with Crippen LogP contribution in [0.15, 0.2) is 17.5 Å². The van der Waals surface area contributed by atoms with Crippen LogP contribution in [-0.2, 0) is 4.79 Å². The van der Waals surface area contributed by atoms with Gasteiger partial charge in [-0.1, -0.05) is 12.5 Å². The van der Waals surface area contributed by atoms with E-state index in [0.717, 1.165) is 24.1 Å². The van der Waals surface area contributed by atoms with Gasteiger partial charge in [-0.3, -0.25) is 9.89 Å². The van der Waals surface area contributed by atoms with E-state index in [1.165, 1.54) is 0 Å². The van der Waals surface area contributed by atoms with E-state index in [1.807, 2.05) is 17.5 Å². The SMILES string of the molecule is O=C(O)C1CCCC1c1nc(-c2cccs2)n[nH]1. The normalized spacial score (nSPS) is 23.3. The number of aromatic nitrogens is 3. The maximum absolute atomic E-state index is 11.2. The predicted octanol–water partition coefficient (Wildman–Crippen LogP) is 2.50. The van der Waals surface area contributed by atoms with Crippen LogP contribution in [0, 0.1) is 5.92 Å². The molecule has 0 aromatic carbocycles. The number of carboxylic acid groups (broad SMARTS) is 1. The minimum atomic E-state index is -0.730. The molecular formula is C12H13N3O2S. The summed E-state index contributed by atoms with van der Waals surface area (Å²) in [6, 6.07) is 3.91. The second-order valence-corrected chi connectivity index (χ2v) is 5.45. The number of hydrogen-bond acceptors (Lipinski definition) is 4. The van der Waals surface area contributed by atoms with Crippen LogP contribution in [0.5, 0.6) is 0 Å². The summed E-state index contributed by atoms with van der Waals surface area (Å²) in [6.45, 7) is 0. The quantitative estimate of drug-likeness (QED) is 0.891. The fraction of sp³-hybridized carbons (Fsp3) is 0.417. The molecule has 0 saturated heterocycles. The molecule has 2 atom stereocenters. The van der Waals surface area contributed by atoms with Crippen molar-refractivity contribution in [2.75, 3.05) is 0 Å². The lowest BCUT2D eigenvalue weighted by molar-refractivity contribution is -0.142. The third-order valence-electron chi connectivity index (χ3n) is 3.43. The molecule has 2 unspecified atom stereocenters. The monoisotopic (exact) mass is 263 g/mol. The average Bonchev–Trinajstić information content (AvgIpc) is 3.10. The van der Waals surface area contributed by atoms with E-state index < -0.39 is 5.97 Å². The first-order valence-corrected chi connectivity index (χ1v) is 6.82. The Kier molecular flexibility index (Phi) is 2.87. The van der Waals surface area contributed by atoms with Crippen LogP contribution in [0.4, 0.5) is 0 Å². The van der Waals surface area contributed by atoms with E-state index in [9.17, 15) is 9.90 Å². The van der Waals surface area contributed by atoms with Gasteiger partial charge in [0.1, 0.15) is 5.82 Å². The van der Waals surface area contributed by atoms with Crippen molar-refractivity contribution in [3.05, 3.63) is 23.3 Å². The number of nitrogens with one attached hydrogen (secondary N) is 1. The third kappa shape index (κ3) is 1.92. The van der Waals surface area contributed by atoms with Gasteiger partial charge < -0.3 is 5.11 Å². The zero-order chi connectivity index (χ0) is 12.5. The first kappa shape index (κ1) is 11.4. The van der Waals surface area contributed by atoms with Gasteiger partial charge in [-0.25, -0.2) is 4.98 Å². The highest BCUT2D eigenvalue weighted by molar-refractivity contribution is 7.13. The van der Waals surface area contributed by atoms with Gasteiger partial charge in [0.15, 0.2) is 5.82 Å². The minimum absolute atomic E-state index is 0.0243. The van der Waals surface area contributed by atoms with Crippen LogP contribution >= 0.6 is 11.3 Å². The number of nitrogens with zero attached hydrogens (tertiary/aromatic N) is 2. The lowest BCUT2D eigenvalue weighted by Gasteiger charge is -2.11. The van der Waals surface area contributed by atoms with Crippen LogP contribution in [0.2, 0.25) is 0 Å². The maximum atomic E-state index is 11.2. The standard InChI is InChI=1S/C12H13N3O2S/c16-12(17)8-4-1-3-7(8)10-13-11(15-14-10)9-5-2-6-18-9/h2,5-8H,1,3-4H2,(H,16,17)(H,13,14,15). The fourth-order valence-corrected chi connectivity index (χ4v) is 3.20. The Morgan fingerprint density at radius 2 is 2.39 bits per heavy atom. The van der Waals surface area contributed by atoms with E-state index in [1.54, 1.807) is 11.3 Å². The Hall–Kier alpha value is -1.69. The van der Waals surface area contributed by atoms with Crippen LogP contribution in [-0.4, -0.2) is 26.3 Å². The minimum Gasteiger partial charge on any atom is -0.481 e. The number of H-pyrrole nitrogens is 1. The molecule has 5 nitrogen and oxygen atoms in total. The number of hydrogen-bond donors (Lipinski definition) is 2. The molecule has 1 aliphatic carbocycles. The summed E-state index contributed by atoms with van der Waals surface area (Å²) >= 11 is 1.58. The van der Waals surface area contributed by atoms with Crippen molar-refractivity contribution in [2.24, 2.45) is 5.92 Å². The molecule has 2 aromatic rings. The fourth-order valence-electron chi connectivity index (χ4n) is 2.54. The van der Waals surface area contributed by atoms with Gasteiger partial charge in [0.2, 0.25) is 0 Å². The number of thiophene rings is 1. The molecule has 2 heterocycles. The molecule has 2 N–H and O–H groups in total. The summed E-state index contributed by atoms with van der Waals surface area (Å²) in [5, 5.41) is 18.2. The van der Waals surface area contributed by atoms with Crippen molar-refractivity contribution < 1.29 is 9.90 Å². The van der Waals surface area contributed by atoms with Crippen LogP contribution in [0.3, 0.4) is 0 Å². The van der Waals surface area contributed by atoms with Gasteiger partial charge in [0.05, 0.1) is 10.8 Å². The number of carboxylic acids is 1. The van der Waals surface area contributed by atoms with E-state index >= 15 is 0 Å². The molecule has 6 heteroatoms. The first-order valence-electron chi connectivity index (χ1n) is 5.94. The Morgan fingerprint density at radius 1 is 1.50 bits per heavy atom. The van der Waals surface area contributed by atoms with E-state index in [4.69, 9.17) is 0 Å². The lowest BCUT2D eigenvalue weighted by atomic mass is 9.96. The molecule has 18 heavy (non-hydrogen) atoms. The Labute approximate surface area is 108 Å². The van der Waals surface area contributed by atoms with Crippen molar-refractivity contribution in [1.29, 1.82) is 0 Å². The second-order valence-electron chi connectivity index (χ2n) is 4.50. The molecule has 0 bridgehead atoms. The van der Waals surface area contributed by atoms with Crippen LogP contribution in [0.1, 0.15) is 31.0 Å². The van der Waals surface area contributed by atoms with E-state index in [0.29, 0.717) is 11.6 Å². The number of aromatic amines is 1. The third-order valence-corrected chi connectivity index (χ3v) is 4.29. The smallest absolute Gasteiger partial charge is 0.307 e. The van der Waals surface area contributed by atoms with Gasteiger partial charge in [0, 0.05) is 5.92 Å². The summed E-state index contributed by atoms with van der Waals surface area (Å²) in [5.74, 6) is 0.295. The molecule has 1 aliphatic rings. The van der Waals surface area contributed by atoms with Gasteiger partial charge in [-0.15, -0.1) is 11.3 Å². The van der Waals surface area contributed by atoms with Crippen molar-refractivity contribution in [3.63, 3.8) is 0 Å². The topological polar surface area (TPSA) is 78.9 Å². The number of carbonyl (C=O) groups is 1. The highest BCUT2D eigenvalue weighted by Gasteiger charge is 2.36. The summed E-state index contributed by atoms with van der Waals surface area (Å²) < 4.78 is 0. The average molecular weight is 263 g/mol. The molecule has 0 spiro atoms. The zero-order valence-corrected chi connectivity index (χ0v) is 10.5. The lowest BCUT2D eigenvalue weighted by Crippen LogP contribution is -2.17. The van der Waals surface area contributed by atoms with Crippen molar-refractivity contribution in [3.8, 4) is 10.7 Å². The van der Waals surface area contributed by atoms with Crippen LogP contribution in [0.25, 0.3) is 10.7 Å². The summed E-state index contributed by atoms with van der Waals surface area (Å²) in [5.41, 5.74) is 0. The van der Waals surface area contributed by atoms with Gasteiger partial charge in [0.25, 0.3) is 0 Å². The van der Waals surface area contributed by atoms with Gasteiger partial charge >= 0.3 is 5.97 Å². The Morgan fingerprint density at radius 3 is 3.11 bits per heavy atom. The molecule has 94 valence electrons. The molecule has 3 rings (SSSR count). The molecule has 1 fully saturated rings. The highest BCUT2D eigenvalue weighted by Crippen LogP contribution is 2.38. The Balaban J connectivity index is 1.87.